The summed E-state index contributed by atoms with van der Waals surface area (Å²) >= 11 is 0. The Labute approximate surface area is 99.7 Å². The lowest BCUT2D eigenvalue weighted by Crippen LogP contribution is -2.08. The highest BCUT2D eigenvalue weighted by Crippen LogP contribution is 2.19. The first-order chi connectivity index (χ1) is 8.15. The molecule has 0 unspecified atom stereocenters. The van der Waals surface area contributed by atoms with Crippen molar-refractivity contribution in [3.63, 3.8) is 0 Å². The van der Waals surface area contributed by atoms with Gasteiger partial charge in [-0.25, -0.2) is 9.97 Å². The van der Waals surface area contributed by atoms with Crippen LogP contribution in [-0.4, -0.2) is 15.9 Å². The SMILES string of the molecule is CC(=O)Nc1cc(-c2ccccc2)nc(C)n1. The summed E-state index contributed by atoms with van der Waals surface area (Å²) in [5.74, 6) is 1.03. The highest BCUT2D eigenvalue weighted by Gasteiger charge is 2.04. The fourth-order valence-electron chi connectivity index (χ4n) is 1.57. The van der Waals surface area contributed by atoms with E-state index in [2.05, 4.69) is 15.3 Å². The van der Waals surface area contributed by atoms with Gasteiger partial charge < -0.3 is 5.32 Å². The van der Waals surface area contributed by atoms with Gasteiger partial charge in [-0.2, -0.15) is 0 Å². The van der Waals surface area contributed by atoms with Crippen LogP contribution in [0, 0.1) is 6.92 Å². The maximum Gasteiger partial charge on any atom is 0.222 e. The minimum Gasteiger partial charge on any atom is -0.311 e. The molecule has 17 heavy (non-hydrogen) atoms. The van der Waals surface area contributed by atoms with E-state index in [1.54, 1.807) is 13.0 Å². The molecule has 0 saturated carbocycles. The maximum atomic E-state index is 11.0. The molecule has 1 aromatic carbocycles. The second-order valence-corrected chi connectivity index (χ2v) is 3.73. The summed E-state index contributed by atoms with van der Waals surface area (Å²) in [5.41, 5.74) is 1.81. The quantitative estimate of drug-likeness (QED) is 0.857. The summed E-state index contributed by atoms with van der Waals surface area (Å²) < 4.78 is 0. The second-order valence-electron chi connectivity index (χ2n) is 3.73. The molecule has 0 saturated heterocycles. The number of rotatable bonds is 2. The average molecular weight is 227 g/mol. The number of aromatic nitrogens is 2. The van der Waals surface area contributed by atoms with Crippen LogP contribution in [-0.2, 0) is 4.79 Å². The first-order valence-corrected chi connectivity index (χ1v) is 5.34. The van der Waals surface area contributed by atoms with Crippen molar-refractivity contribution in [2.24, 2.45) is 0 Å². The van der Waals surface area contributed by atoms with Gasteiger partial charge in [0.2, 0.25) is 5.91 Å². The van der Waals surface area contributed by atoms with E-state index in [9.17, 15) is 4.79 Å². The van der Waals surface area contributed by atoms with Gasteiger partial charge in [-0.3, -0.25) is 4.79 Å². The molecule has 2 rings (SSSR count). The van der Waals surface area contributed by atoms with Crippen molar-refractivity contribution in [1.82, 2.24) is 9.97 Å². The van der Waals surface area contributed by atoms with Gasteiger partial charge in [0, 0.05) is 18.6 Å². The molecule has 1 aromatic heterocycles. The van der Waals surface area contributed by atoms with Gasteiger partial charge in [0.15, 0.2) is 0 Å². The topological polar surface area (TPSA) is 54.9 Å². The largest absolute Gasteiger partial charge is 0.311 e. The van der Waals surface area contributed by atoms with Crippen molar-refractivity contribution in [1.29, 1.82) is 0 Å². The minimum absolute atomic E-state index is 0.137. The van der Waals surface area contributed by atoms with Crippen molar-refractivity contribution in [2.45, 2.75) is 13.8 Å². The van der Waals surface area contributed by atoms with Crippen LogP contribution >= 0.6 is 0 Å². The normalized spacial score (nSPS) is 10.0. The Morgan fingerprint density at radius 3 is 2.53 bits per heavy atom. The van der Waals surface area contributed by atoms with Crippen molar-refractivity contribution >= 4 is 11.7 Å². The molecule has 0 aliphatic carbocycles. The van der Waals surface area contributed by atoms with Gasteiger partial charge in [0.05, 0.1) is 5.69 Å². The van der Waals surface area contributed by atoms with Crippen molar-refractivity contribution in [2.75, 3.05) is 5.32 Å². The number of aryl methyl sites for hydroxylation is 1. The summed E-state index contributed by atoms with van der Waals surface area (Å²) in [4.78, 5) is 19.5. The van der Waals surface area contributed by atoms with Crippen LogP contribution in [0.25, 0.3) is 11.3 Å². The Balaban J connectivity index is 2.42. The third kappa shape index (κ3) is 2.87. The molecule has 0 radical (unpaired) electrons. The molecule has 1 amide bonds. The van der Waals surface area contributed by atoms with Gasteiger partial charge in [0.25, 0.3) is 0 Å². The average Bonchev–Trinajstić information content (AvgIpc) is 2.28. The van der Waals surface area contributed by atoms with Gasteiger partial charge in [-0.05, 0) is 6.92 Å². The number of nitrogens with zero attached hydrogens (tertiary/aromatic N) is 2. The summed E-state index contributed by atoms with van der Waals surface area (Å²) in [6, 6.07) is 11.6. The molecule has 1 heterocycles. The van der Waals surface area contributed by atoms with Crippen LogP contribution in [0.2, 0.25) is 0 Å². The predicted octanol–water partition coefficient (Wildman–Crippen LogP) is 2.41. The monoisotopic (exact) mass is 227 g/mol. The molecule has 2 aromatic rings. The smallest absolute Gasteiger partial charge is 0.222 e. The van der Waals surface area contributed by atoms with E-state index < -0.39 is 0 Å². The third-order valence-corrected chi connectivity index (χ3v) is 2.21. The molecule has 0 aliphatic heterocycles. The number of carbonyl (C=O) groups is 1. The lowest BCUT2D eigenvalue weighted by atomic mass is 10.1. The Kier molecular flexibility index (Phi) is 3.14. The van der Waals surface area contributed by atoms with Crippen LogP contribution in [0.4, 0.5) is 5.82 Å². The number of nitrogens with one attached hydrogen (secondary N) is 1. The van der Waals surface area contributed by atoms with E-state index in [-0.39, 0.29) is 5.91 Å². The molecule has 0 spiro atoms. The van der Waals surface area contributed by atoms with E-state index in [1.165, 1.54) is 6.92 Å². The minimum atomic E-state index is -0.137. The van der Waals surface area contributed by atoms with Crippen molar-refractivity contribution in [3.05, 3.63) is 42.2 Å². The molecule has 0 atom stereocenters. The van der Waals surface area contributed by atoms with Crippen LogP contribution in [0.15, 0.2) is 36.4 Å². The van der Waals surface area contributed by atoms with Gasteiger partial charge >= 0.3 is 0 Å². The van der Waals surface area contributed by atoms with E-state index in [4.69, 9.17) is 0 Å². The molecule has 4 heteroatoms. The highest BCUT2D eigenvalue weighted by molar-refractivity contribution is 5.88. The zero-order valence-electron chi connectivity index (χ0n) is 9.77. The Morgan fingerprint density at radius 1 is 1.18 bits per heavy atom. The van der Waals surface area contributed by atoms with Gasteiger partial charge in [0.1, 0.15) is 11.6 Å². The lowest BCUT2D eigenvalue weighted by Gasteiger charge is -2.06. The molecular weight excluding hydrogens is 214 g/mol. The zero-order chi connectivity index (χ0) is 12.3. The lowest BCUT2D eigenvalue weighted by molar-refractivity contribution is -0.114. The molecule has 1 N–H and O–H groups in total. The fourth-order valence-corrected chi connectivity index (χ4v) is 1.57. The first-order valence-electron chi connectivity index (χ1n) is 5.34. The number of hydrogen-bond donors (Lipinski definition) is 1. The van der Waals surface area contributed by atoms with Crippen LogP contribution in [0.1, 0.15) is 12.7 Å². The molecule has 0 aliphatic rings. The Morgan fingerprint density at radius 2 is 1.88 bits per heavy atom. The maximum absolute atomic E-state index is 11.0. The summed E-state index contributed by atoms with van der Waals surface area (Å²) in [6.07, 6.45) is 0. The van der Waals surface area contributed by atoms with E-state index in [1.807, 2.05) is 30.3 Å². The number of hydrogen-bond acceptors (Lipinski definition) is 3. The molecule has 4 nitrogen and oxygen atoms in total. The number of amides is 1. The highest BCUT2D eigenvalue weighted by atomic mass is 16.1. The zero-order valence-corrected chi connectivity index (χ0v) is 9.77. The summed E-state index contributed by atoms with van der Waals surface area (Å²) in [7, 11) is 0. The first kappa shape index (κ1) is 11.3. The Hall–Kier alpha value is -2.23. The predicted molar refractivity (Wildman–Crippen MR) is 66.5 cm³/mol. The van der Waals surface area contributed by atoms with E-state index in [0.29, 0.717) is 11.6 Å². The number of carbonyl (C=O) groups excluding carboxylic acids is 1. The van der Waals surface area contributed by atoms with Crippen molar-refractivity contribution < 1.29 is 4.79 Å². The molecular formula is C13H13N3O. The third-order valence-electron chi connectivity index (χ3n) is 2.21. The van der Waals surface area contributed by atoms with Gasteiger partial charge in [-0.15, -0.1) is 0 Å². The number of anilines is 1. The standard InChI is InChI=1S/C13H13N3O/c1-9-14-12(11-6-4-3-5-7-11)8-13(15-9)16-10(2)17/h3-8H,1-2H3,(H,14,15,16,17). The summed E-state index contributed by atoms with van der Waals surface area (Å²) in [6.45, 7) is 3.26. The van der Waals surface area contributed by atoms with Crippen molar-refractivity contribution in [3.8, 4) is 11.3 Å². The van der Waals surface area contributed by atoms with Crippen LogP contribution in [0.5, 0.6) is 0 Å². The van der Waals surface area contributed by atoms with Crippen LogP contribution < -0.4 is 5.32 Å². The molecule has 86 valence electrons. The van der Waals surface area contributed by atoms with Crippen LogP contribution in [0.3, 0.4) is 0 Å². The number of benzene rings is 1. The second kappa shape index (κ2) is 4.74. The molecule has 0 bridgehead atoms. The molecule has 0 fully saturated rings. The summed E-state index contributed by atoms with van der Waals surface area (Å²) in [5, 5.41) is 2.67. The fraction of sp³-hybridized carbons (Fsp3) is 0.154. The van der Waals surface area contributed by atoms with E-state index >= 15 is 0 Å². The Bertz CT molecular complexity index is 538. The van der Waals surface area contributed by atoms with E-state index in [0.717, 1.165) is 11.3 Å². The van der Waals surface area contributed by atoms with Gasteiger partial charge in [-0.1, -0.05) is 30.3 Å².